The third kappa shape index (κ3) is 3.22. The molecule has 0 aliphatic heterocycles. The van der Waals surface area contributed by atoms with Crippen LogP contribution in [0, 0.1) is 20.8 Å². The molecule has 0 spiro atoms. The van der Waals surface area contributed by atoms with Gasteiger partial charge in [0, 0.05) is 16.4 Å². The van der Waals surface area contributed by atoms with Gasteiger partial charge in [-0.3, -0.25) is 9.20 Å². The minimum Gasteiger partial charge on any atom is -0.293 e. The summed E-state index contributed by atoms with van der Waals surface area (Å²) in [6, 6.07) is 7.68. The molecule has 28 heavy (non-hydrogen) atoms. The lowest BCUT2D eigenvalue weighted by Crippen LogP contribution is -2.07. The summed E-state index contributed by atoms with van der Waals surface area (Å²) in [5, 5.41) is 10.7. The number of aromatic nitrogens is 4. The van der Waals surface area contributed by atoms with Gasteiger partial charge in [0.25, 0.3) is 0 Å². The Labute approximate surface area is 172 Å². The lowest BCUT2D eigenvalue weighted by Gasteiger charge is -2.10. The number of ketones is 1. The summed E-state index contributed by atoms with van der Waals surface area (Å²) in [6.45, 7) is 10.5. The number of nitrogens with zero attached hydrogens (tertiary/aromatic N) is 4. The van der Waals surface area contributed by atoms with Crippen LogP contribution in [0.1, 0.15) is 52.0 Å². The molecule has 0 fully saturated rings. The number of hydrogen-bond donors (Lipinski definition) is 0. The zero-order valence-electron chi connectivity index (χ0n) is 16.6. The number of carbonyl (C=O) groups is 1. The molecule has 0 aliphatic rings. The van der Waals surface area contributed by atoms with Crippen molar-refractivity contribution < 1.29 is 4.79 Å². The van der Waals surface area contributed by atoms with Crippen molar-refractivity contribution in [1.82, 2.24) is 19.6 Å². The van der Waals surface area contributed by atoms with E-state index in [0.717, 1.165) is 38.0 Å². The summed E-state index contributed by atoms with van der Waals surface area (Å²) in [6.07, 6.45) is 0. The monoisotopic (exact) mass is 410 g/mol. The Balaban J connectivity index is 1.74. The summed E-state index contributed by atoms with van der Waals surface area (Å²) >= 11 is 3.12. The van der Waals surface area contributed by atoms with E-state index in [0.29, 0.717) is 5.75 Å². The van der Waals surface area contributed by atoms with Gasteiger partial charge >= 0.3 is 0 Å². The SMILES string of the molecule is Cc1ccc(C(=O)CSc2nnc3c4c(C)c(C)sc4nc(C(C)C)n23)cc1. The van der Waals surface area contributed by atoms with E-state index < -0.39 is 0 Å². The number of thiophene rings is 1. The van der Waals surface area contributed by atoms with Crippen LogP contribution in [-0.2, 0) is 0 Å². The molecule has 5 nitrogen and oxygen atoms in total. The van der Waals surface area contributed by atoms with Gasteiger partial charge in [0.2, 0.25) is 0 Å². The maximum atomic E-state index is 12.6. The average molecular weight is 411 g/mol. The first-order valence-corrected chi connectivity index (χ1v) is 11.0. The molecule has 4 rings (SSSR count). The lowest BCUT2D eigenvalue weighted by molar-refractivity contribution is 0.102. The number of aryl methyl sites for hydroxylation is 3. The van der Waals surface area contributed by atoms with E-state index in [1.165, 1.54) is 22.2 Å². The largest absolute Gasteiger partial charge is 0.293 e. The van der Waals surface area contributed by atoms with E-state index in [1.54, 1.807) is 11.3 Å². The number of hydrogen-bond acceptors (Lipinski definition) is 6. The summed E-state index contributed by atoms with van der Waals surface area (Å²) in [7, 11) is 0. The smallest absolute Gasteiger partial charge is 0.197 e. The van der Waals surface area contributed by atoms with Gasteiger partial charge in [-0.2, -0.15) is 0 Å². The molecule has 0 unspecified atom stereocenters. The summed E-state index contributed by atoms with van der Waals surface area (Å²) in [5.74, 6) is 1.56. The molecule has 1 aromatic carbocycles. The van der Waals surface area contributed by atoms with Crippen LogP contribution in [0.4, 0.5) is 0 Å². The van der Waals surface area contributed by atoms with E-state index in [-0.39, 0.29) is 11.7 Å². The van der Waals surface area contributed by atoms with Crippen LogP contribution in [-0.4, -0.2) is 31.1 Å². The van der Waals surface area contributed by atoms with Gasteiger partial charge in [-0.25, -0.2) is 4.98 Å². The van der Waals surface area contributed by atoms with Crippen molar-refractivity contribution in [3.05, 3.63) is 51.7 Å². The quantitative estimate of drug-likeness (QED) is 0.327. The van der Waals surface area contributed by atoms with Crippen molar-refractivity contribution in [2.24, 2.45) is 0 Å². The predicted octanol–water partition coefficient (Wildman–Crippen LogP) is 5.36. The standard InChI is InChI=1S/C21H22N4OS2/c1-11(2)18-22-20-17(13(4)14(5)28-20)19-23-24-21(25(18)19)27-10-16(26)15-8-6-12(3)7-9-15/h6-9,11H,10H2,1-5H3. The first kappa shape index (κ1) is 19.1. The number of fused-ring (bicyclic) bond motifs is 3. The van der Waals surface area contributed by atoms with Crippen LogP contribution >= 0.6 is 23.1 Å². The lowest BCUT2D eigenvalue weighted by atomic mass is 10.1. The van der Waals surface area contributed by atoms with Gasteiger partial charge in [0.15, 0.2) is 16.6 Å². The van der Waals surface area contributed by atoms with Crippen molar-refractivity contribution in [3.63, 3.8) is 0 Å². The second kappa shape index (κ2) is 7.29. The van der Waals surface area contributed by atoms with Crippen molar-refractivity contribution in [2.45, 2.75) is 45.7 Å². The fraction of sp³-hybridized carbons (Fsp3) is 0.333. The first-order chi connectivity index (χ1) is 13.4. The second-order valence-electron chi connectivity index (χ2n) is 7.31. The molecule has 4 aromatic rings. The van der Waals surface area contributed by atoms with Crippen LogP contribution in [0.15, 0.2) is 29.4 Å². The molecule has 0 saturated carbocycles. The normalized spacial score (nSPS) is 11.8. The molecule has 0 N–H and O–H groups in total. The topological polar surface area (TPSA) is 60.2 Å². The number of rotatable bonds is 5. The van der Waals surface area contributed by atoms with E-state index >= 15 is 0 Å². The molecule has 0 bridgehead atoms. The Morgan fingerprint density at radius 2 is 1.86 bits per heavy atom. The van der Waals surface area contributed by atoms with Crippen LogP contribution in [0.2, 0.25) is 0 Å². The molecule has 7 heteroatoms. The number of thioether (sulfide) groups is 1. The van der Waals surface area contributed by atoms with E-state index in [4.69, 9.17) is 4.98 Å². The molecule has 3 aromatic heterocycles. The van der Waals surface area contributed by atoms with Crippen LogP contribution in [0.5, 0.6) is 0 Å². The summed E-state index contributed by atoms with van der Waals surface area (Å²) < 4.78 is 2.03. The molecule has 144 valence electrons. The predicted molar refractivity (Wildman–Crippen MR) is 116 cm³/mol. The fourth-order valence-corrected chi connectivity index (χ4v) is 5.04. The highest BCUT2D eigenvalue weighted by atomic mass is 32.2. The van der Waals surface area contributed by atoms with Crippen molar-refractivity contribution in [3.8, 4) is 0 Å². The summed E-state index contributed by atoms with van der Waals surface area (Å²) in [4.78, 5) is 19.8. The highest BCUT2D eigenvalue weighted by Crippen LogP contribution is 2.34. The molecular weight excluding hydrogens is 388 g/mol. The Hall–Kier alpha value is -2.25. The molecular formula is C21H22N4OS2. The average Bonchev–Trinajstić information content (AvgIpc) is 3.20. The highest BCUT2D eigenvalue weighted by molar-refractivity contribution is 7.99. The highest BCUT2D eigenvalue weighted by Gasteiger charge is 2.21. The molecule has 0 radical (unpaired) electrons. The third-order valence-corrected chi connectivity index (χ3v) is 6.92. The van der Waals surface area contributed by atoms with Gasteiger partial charge in [-0.05, 0) is 26.3 Å². The van der Waals surface area contributed by atoms with Crippen molar-refractivity contribution in [1.29, 1.82) is 0 Å². The Morgan fingerprint density at radius 3 is 2.54 bits per heavy atom. The minimum atomic E-state index is 0.0874. The first-order valence-electron chi connectivity index (χ1n) is 9.24. The Bertz CT molecular complexity index is 1190. The second-order valence-corrected chi connectivity index (χ2v) is 9.45. The maximum Gasteiger partial charge on any atom is 0.197 e. The molecule has 0 amide bonds. The molecule has 0 aliphatic carbocycles. The van der Waals surface area contributed by atoms with Crippen LogP contribution in [0.3, 0.4) is 0 Å². The molecule has 3 heterocycles. The van der Waals surface area contributed by atoms with Gasteiger partial charge in [0.1, 0.15) is 10.7 Å². The Kier molecular flexibility index (Phi) is 4.97. The van der Waals surface area contributed by atoms with E-state index in [1.807, 2.05) is 35.6 Å². The fourth-order valence-electron chi connectivity index (χ4n) is 3.18. The maximum absolute atomic E-state index is 12.6. The van der Waals surface area contributed by atoms with Gasteiger partial charge in [0.05, 0.1) is 11.1 Å². The van der Waals surface area contributed by atoms with Gasteiger partial charge in [-0.15, -0.1) is 21.5 Å². The van der Waals surface area contributed by atoms with E-state index in [2.05, 4.69) is 37.9 Å². The summed E-state index contributed by atoms with van der Waals surface area (Å²) in [5.41, 5.74) is 3.90. The minimum absolute atomic E-state index is 0.0874. The third-order valence-electron chi connectivity index (χ3n) is 4.89. The van der Waals surface area contributed by atoms with E-state index in [9.17, 15) is 4.79 Å². The van der Waals surface area contributed by atoms with Crippen molar-refractivity contribution >= 4 is 44.7 Å². The van der Waals surface area contributed by atoms with Gasteiger partial charge in [-0.1, -0.05) is 55.4 Å². The zero-order valence-corrected chi connectivity index (χ0v) is 18.2. The number of Topliss-reactive ketones (excluding diaryl/α,β-unsaturated/α-hetero) is 1. The number of benzene rings is 1. The zero-order chi connectivity index (χ0) is 20.0. The molecule has 0 saturated heterocycles. The Morgan fingerprint density at radius 1 is 1.14 bits per heavy atom. The molecule has 0 atom stereocenters. The number of carbonyl (C=O) groups excluding carboxylic acids is 1. The van der Waals surface area contributed by atoms with Crippen molar-refractivity contribution in [2.75, 3.05) is 5.75 Å². The van der Waals surface area contributed by atoms with Crippen LogP contribution in [0.25, 0.3) is 15.9 Å². The van der Waals surface area contributed by atoms with Gasteiger partial charge < -0.3 is 0 Å². The van der Waals surface area contributed by atoms with Crippen LogP contribution < -0.4 is 0 Å².